The zero-order valence-electron chi connectivity index (χ0n) is 11.9. The van der Waals surface area contributed by atoms with E-state index in [0.717, 1.165) is 5.56 Å². The van der Waals surface area contributed by atoms with Crippen molar-refractivity contribution in [2.75, 3.05) is 20.2 Å². The Morgan fingerprint density at radius 2 is 1.86 bits per heavy atom. The Bertz CT molecular complexity index is 494. The van der Waals surface area contributed by atoms with Gasteiger partial charge in [-0.1, -0.05) is 30.3 Å². The lowest BCUT2D eigenvalue weighted by Crippen LogP contribution is -2.52. The summed E-state index contributed by atoms with van der Waals surface area (Å²) in [4.78, 5) is 24.3. The molecule has 1 aliphatic rings. The number of amides is 1. The summed E-state index contributed by atoms with van der Waals surface area (Å²) >= 11 is 0. The van der Waals surface area contributed by atoms with Crippen LogP contribution in [0.25, 0.3) is 0 Å². The monoisotopic (exact) mass is 293 g/mol. The van der Waals surface area contributed by atoms with Crippen LogP contribution < -0.4 is 0 Å². The molecule has 21 heavy (non-hydrogen) atoms. The Balaban J connectivity index is 2.05. The third-order valence-corrected chi connectivity index (χ3v) is 3.76. The lowest BCUT2D eigenvalue weighted by atomic mass is 9.91. The Hall–Kier alpha value is -2.08. The van der Waals surface area contributed by atoms with E-state index < -0.39 is 17.7 Å². The van der Waals surface area contributed by atoms with Crippen LogP contribution in [0.4, 0.5) is 4.79 Å². The van der Waals surface area contributed by atoms with Gasteiger partial charge in [-0.15, -0.1) is 0 Å². The topological polar surface area (TPSA) is 76.1 Å². The molecular weight excluding hydrogens is 274 g/mol. The summed E-state index contributed by atoms with van der Waals surface area (Å²) in [5.74, 6) is -0.441. The fourth-order valence-electron chi connectivity index (χ4n) is 2.45. The van der Waals surface area contributed by atoms with E-state index in [-0.39, 0.29) is 13.1 Å². The molecule has 0 spiro atoms. The van der Waals surface area contributed by atoms with E-state index in [4.69, 9.17) is 14.6 Å². The van der Waals surface area contributed by atoms with Gasteiger partial charge in [-0.25, -0.2) is 9.59 Å². The van der Waals surface area contributed by atoms with E-state index in [1.807, 2.05) is 30.3 Å². The van der Waals surface area contributed by atoms with Gasteiger partial charge in [0.1, 0.15) is 0 Å². The predicted molar refractivity (Wildman–Crippen MR) is 74.8 cm³/mol. The summed E-state index contributed by atoms with van der Waals surface area (Å²) in [6, 6.07) is 9.53. The van der Waals surface area contributed by atoms with Gasteiger partial charge in [-0.3, -0.25) is 0 Å². The summed E-state index contributed by atoms with van der Waals surface area (Å²) in [5, 5.41) is 8.98. The van der Waals surface area contributed by atoms with E-state index in [1.54, 1.807) is 0 Å². The van der Waals surface area contributed by atoms with Crippen molar-refractivity contribution >= 4 is 12.1 Å². The number of likely N-dealkylation sites (tertiary alicyclic amines) is 1. The van der Waals surface area contributed by atoms with Gasteiger partial charge < -0.3 is 19.5 Å². The van der Waals surface area contributed by atoms with Crippen molar-refractivity contribution in [3.63, 3.8) is 0 Å². The minimum atomic E-state index is -1.06. The fraction of sp³-hybridized carbons (Fsp3) is 0.467. The third kappa shape index (κ3) is 3.52. The van der Waals surface area contributed by atoms with Gasteiger partial charge in [0.2, 0.25) is 0 Å². The molecule has 0 aliphatic carbocycles. The second kappa shape index (κ2) is 6.58. The van der Waals surface area contributed by atoms with Crippen LogP contribution in [0.3, 0.4) is 0 Å². The molecular formula is C15H19NO5. The summed E-state index contributed by atoms with van der Waals surface area (Å²) < 4.78 is 10.7. The van der Waals surface area contributed by atoms with E-state index in [0.29, 0.717) is 19.4 Å². The summed E-state index contributed by atoms with van der Waals surface area (Å²) in [6.45, 7) is 0.821. The van der Waals surface area contributed by atoms with E-state index in [1.165, 1.54) is 12.0 Å². The van der Waals surface area contributed by atoms with Crippen molar-refractivity contribution in [1.82, 2.24) is 4.90 Å². The van der Waals surface area contributed by atoms with Crippen LogP contribution in [0.2, 0.25) is 0 Å². The molecule has 0 radical (unpaired) electrons. The van der Waals surface area contributed by atoms with Crippen LogP contribution in [0.1, 0.15) is 18.4 Å². The maximum Gasteiger partial charge on any atom is 0.407 e. The van der Waals surface area contributed by atoms with Gasteiger partial charge in [0.25, 0.3) is 0 Å². The van der Waals surface area contributed by atoms with E-state index in [9.17, 15) is 9.59 Å². The number of carbonyl (C=O) groups is 2. The number of piperidine rings is 1. The average molecular weight is 293 g/mol. The third-order valence-electron chi connectivity index (χ3n) is 3.76. The Kier molecular flexibility index (Phi) is 4.80. The highest BCUT2D eigenvalue weighted by Gasteiger charge is 2.44. The largest absolute Gasteiger partial charge is 0.467 e. The quantitative estimate of drug-likeness (QED) is 0.858. The van der Waals surface area contributed by atoms with Gasteiger partial charge >= 0.3 is 12.1 Å². The first-order valence-corrected chi connectivity index (χ1v) is 6.81. The second-order valence-corrected chi connectivity index (χ2v) is 5.03. The number of carboxylic acid groups (broad SMARTS) is 1. The van der Waals surface area contributed by atoms with Crippen molar-refractivity contribution in [2.24, 2.45) is 0 Å². The normalized spacial score (nSPS) is 17.3. The standard InChI is InChI=1S/C15H19NO5/c1-20-13(17)15(7-9-16(10-8-15)14(18)19)21-11-12-5-3-2-4-6-12/h2-6H,7-11H2,1H3,(H,18,19). The highest BCUT2D eigenvalue weighted by atomic mass is 16.6. The summed E-state index contributed by atoms with van der Waals surface area (Å²) in [7, 11) is 1.32. The number of ether oxygens (including phenoxy) is 2. The number of hydrogen-bond donors (Lipinski definition) is 1. The molecule has 1 N–H and O–H groups in total. The van der Waals surface area contributed by atoms with Gasteiger partial charge in [0, 0.05) is 25.9 Å². The van der Waals surface area contributed by atoms with Crippen LogP contribution in [0.5, 0.6) is 0 Å². The van der Waals surface area contributed by atoms with Gasteiger partial charge in [0.15, 0.2) is 5.60 Å². The number of esters is 1. The van der Waals surface area contributed by atoms with Crippen LogP contribution in [-0.4, -0.2) is 47.9 Å². The van der Waals surface area contributed by atoms with Crippen LogP contribution in [0, 0.1) is 0 Å². The lowest BCUT2D eigenvalue weighted by Gasteiger charge is -2.38. The molecule has 0 unspecified atom stereocenters. The minimum absolute atomic E-state index is 0.263. The molecule has 2 rings (SSSR count). The molecule has 0 atom stereocenters. The van der Waals surface area contributed by atoms with E-state index >= 15 is 0 Å². The minimum Gasteiger partial charge on any atom is -0.467 e. The van der Waals surface area contributed by atoms with Gasteiger partial charge in [-0.05, 0) is 5.56 Å². The Labute approximate surface area is 123 Å². The maximum atomic E-state index is 12.1. The van der Waals surface area contributed by atoms with Crippen molar-refractivity contribution in [2.45, 2.75) is 25.0 Å². The molecule has 1 amide bonds. The molecule has 0 aromatic heterocycles. The molecule has 1 aliphatic heterocycles. The number of benzene rings is 1. The molecule has 1 heterocycles. The summed E-state index contributed by atoms with van der Waals surface area (Å²) in [5.41, 5.74) is -0.0993. The molecule has 114 valence electrons. The molecule has 1 aromatic carbocycles. The van der Waals surface area contributed by atoms with Crippen molar-refractivity contribution < 1.29 is 24.2 Å². The van der Waals surface area contributed by atoms with Crippen LogP contribution >= 0.6 is 0 Å². The average Bonchev–Trinajstić information content (AvgIpc) is 2.53. The predicted octanol–water partition coefficient (Wildman–Crippen LogP) is 1.89. The second-order valence-electron chi connectivity index (χ2n) is 5.03. The van der Waals surface area contributed by atoms with E-state index in [2.05, 4.69) is 0 Å². The summed E-state index contributed by atoms with van der Waals surface area (Å²) in [6.07, 6.45) is -0.367. The van der Waals surface area contributed by atoms with Crippen LogP contribution in [-0.2, 0) is 20.9 Å². The number of rotatable bonds is 4. The van der Waals surface area contributed by atoms with Crippen molar-refractivity contribution in [1.29, 1.82) is 0 Å². The molecule has 6 heteroatoms. The first-order chi connectivity index (χ1) is 10.1. The van der Waals surface area contributed by atoms with Crippen molar-refractivity contribution in [3.05, 3.63) is 35.9 Å². The van der Waals surface area contributed by atoms with Crippen LogP contribution in [0.15, 0.2) is 30.3 Å². The Morgan fingerprint density at radius 1 is 1.24 bits per heavy atom. The molecule has 1 fully saturated rings. The Morgan fingerprint density at radius 3 is 2.38 bits per heavy atom. The van der Waals surface area contributed by atoms with Crippen molar-refractivity contribution in [3.8, 4) is 0 Å². The smallest absolute Gasteiger partial charge is 0.407 e. The first-order valence-electron chi connectivity index (χ1n) is 6.81. The zero-order valence-corrected chi connectivity index (χ0v) is 11.9. The fourth-order valence-corrected chi connectivity index (χ4v) is 2.45. The number of hydrogen-bond acceptors (Lipinski definition) is 4. The SMILES string of the molecule is COC(=O)C1(OCc2ccccc2)CCN(C(=O)O)CC1. The molecule has 0 bridgehead atoms. The molecule has 1 saturated heterocycles. The maximum absolute atomic E-state index is 12.1. The first kappa shape index (κ1) is 15.3. The molecule has 6 nitrogen and oxygen atoms in total. The number of nitrogens with zero attached hydrogens (tertiary/aromatic N) is 1. The molecule has 1 aromatic rings. The number of carbonyl (C=O) groups excluding carboxylic acids is 1. The van der Waals surface area contributed by atoms with Gasteiger partial charge in [0.05, 0.1) is 13.7 Å². The molecule has 0 saturated carbocycles. The number of methoxy groups -OCH3 is 1. The lowest BCUT2D eigenvalue weighted by molar-refractivity contribution is -0.178. The zero-order chi connectivity index (χ0) is 15.3. The highest BCUT2D eigenvalue weighted by molar-refractivity contribution is 5.80. The highest BCUT2D eigenvalue weighted by Crippen LogP contribution is 2.29. The van der Waals surface area contributed by atoms with Gasteiger partial charge in [-0.2, -0.15) is 0 Å².